The molecule has 1 aromatic rings. The maximum atomic E-state index is 12.4. The number of methoxy groups -OCH3 is 1. The van der Waals surface area contributed by atoms with Crippen molar-refractivity contribution in [2.24, 2.45) is 11.8 Å². The molecule has 2 unspecified atom stereocenters. The molecule has 0 saturated carbocycles. The molecule has 2 rings (SSSR count). The fourth-order valence-electron chi connectivity index (χ4n) is 3.11. The summed E-state index contributed by atoms with van der Waals surface area (Å²) < 4.78 is 4.85. The molecule has 0 spiro atoms. The average molecular weight is 368 g/mol. The van der Waals surface area contributed by atoms with Crippen molar-refractivity contribution in [3.05, 3.63) is 10.6 Å². The molecule has 1 aliphatic heterocycles. The number of carbonyl (C=O) groups excluding carboxylic acids is 2. The number of hydrogen-bond acceptors (Lipinski definition) is 6. The number of thiazole rings is 1. The van der Waals surface area contributed by atoms with Gasteiger partial charge in [0.2, 0.25) is 5.91 Å². The number of aromatic nitrogens is 1. The Kier molecular flexibility index (Phi) is 6.57. The minimum atomic E-state index is -0.412. The zero-order valence-electron chi connectivity index (χ0n) is 15.8. The van der Waals surface area contributed by atoms with E-state index in [0.717, 1.165) is 13.1 Å². The number of amides is 1. The molecule has 6 nitrogen and oxygen atoms in total. The standard InChI is InChI=1S/C18H29N3O3S/c1-11(12-7-6-8-19-10-12)9-13(22)20-17-21-15(18(2,3)4)14(25-17)16(23)24-5/h11-12,19H,6-10H2,1-5H3,(H,20,21,22). The van der Waals surface area contributed by atoms with Crippen LogP contribution in [0.25, 0.3) is 0 Å². The molecule has 2 N–H and O–H groups in total. The Morgan fingerprint density at radius 2 is 2.16 bits per heavy atom. The summed E-state index contributed by atoms with van der Waals surface area (Å²) in [4.78, 5) is 29.3. The van der Waals surface area contributed by atoms with E-state index in [0.29, 0.717) is 34.0 Å². The van der Waals surface area contributed by atoms with Crippen LogP contribution >= 0.6 is 11.3 Å². The Balaban J connectivity index is 2.05. The first-order chi connectivity index (χ1) is 11.7. The lowest BCUT2D eigenvalue weighted by Gasteiger charge is -2.27. The van der Waals surface area contributed by atoms with E-state index in [1.807, 2.05) is 20.8 Å². The SMILES string of the molecule is COC(=O)c1sc(NC(=O)CC(C)C2CCCNC2)nc1C(C)(C)C. The third-order valence-electron chi connectivity index (χ3n) is 4.60. The number of ether oxygens (including phenoxy) is 1. The maximum Gasteiger partial charge on any atom is 0.350 e. The Morgan fingerprint density at radius 1 is 1.44 bits per heavy atom. The topological polar surface area (TPSA) is 80.3 Å². The number of esters is 1. The molecule has 1 fully saturated rings. The van der Waals surface area contributed by atoms with Crippen molar-refractivity contribution in [3.8, 4) is 0 Å². The van der Waals surface area contributed by atoms with E-state index in [1.165, 1.54) is 31.3 Å². The first-order valence-corrected chi connectivity index (χ1v) is 9.64. The van der Waals surface area contributed by atoms with E-state index in [-0.39, 0.29) is 11.3 Å². The molecule has 2 atom stereocenters. The van der Waals surface area contributed by atoms with Gasteiger partial charge < -0.3 is 15.4 Å². The molecule has 2 heterocycles. The molecule has 0 bridgehead atoms. The highest BCUT2D eigenvalue weighted by Gasteiger charge is 2.29. The largest absolute Gasteiger partial charge is 0.465 e. The summed E-state index contributed by atoms with van der Waals surface area (Å²) >= 11 is 1.18. The van der Waals surface area contributed by atoms with Crippen molar-refractivity contribution in [2.45, 2.75) is 52.4 Å². The van der Waals surface area contributed by atoms with Gasteiger partial charge in [0.1, 0.15) is 4.88 Å². The fourth-order valence-corrected chi connectivity index (χ4v) is 4.22. The predicted molar refractivity (Wildman–Crippen MR) is 100 cm³/mol. The van der Waals surface area contributed by atoms with E-state index in [2.05, 4.69) is 22.5 Å². The van der Waals surface area contributed by atoms with Crippen LogP contribution < -0.4 is 10.6 Å². The highest BCUT2D eigenvalue weighted by Crippen LogP contribution is 2.33. The second kappa shape index (κ2) is 8.27. The third-order valence-corrected chi connectivity index (χ3v) is 5.55. The van der Waals surface area contributed by atoms with Gasteiger partial charge in [0.15, 0.2) is 5.13 Å². The van der Waals surface area contributed by atoms with Crippen molar-refractivity contribution in [1.29, 1.82) is 0 Å². The lowest BCUT2D eigenvalue weighted by molar-refractivity contribution is -0.117. The summed E-state index contributed by atoms with van der Waals surface area (Å²) in [6.07, 6.45) is 2.80. The number of piperidine rings is 1. The highest BCUT2D eigenvalue weighted by molar-refractivity contribution is 7.17. The summed E-state index contributed by atoms with van der Waals surface area (Å²) in [6.45, 7) is 10.1. The van der Waals surface area contributed by atoms with Gasteiger partial charge in [-0.05, 0) is 37.8 Å². The Bertz CT molecular complexity index is 616. The first-order valence-electron chi connectivity index (χ1n) is 8.82. The van der Waals surface area contributed by atoms with E-state index in [4.69, 9.17) is 4.74 Å². The normalized spacial score (nSPS) is 19.3. The first kappa shape index (κ1) is 19.8. The van der Waals surface area contributed by atoms with Gasteiger partial charge in [-0.2, -0.15) is 0 Å². The number of nitrogens with one attached hydrogen (secondary N) is 2. The second-order valence-electron chi connectivity index (χ2n) is 7.77. The van der Waals surface area contributed by atoms with E-state index in [1.54, 1.807) is 0 Å². The van der Waals surface area contributed by atoms with Crippen LogP contribution in [0.4, 0.5) is 5.13 Å². The van der Waals surface area contributed by atoms with Crippen molar-refractivity contribution < 1.29 is 14.3 Å². The minimum Gasteiger partial charge on any atom is -0.465 e. The Labute approximate surface area is 153 Å². The average Bonchev–Trinajstić information content (AvgIpc) is 2.98. The van der Waals surface area contributed by atoms with Crippen molar-refractivity contribution in [3.63, 3.8) is 0 Å². The van der Waals surface area contributed by atoms with E-state index in [9.17, 15) is 9.59 Å². The Morgan fingerprint density at radius 3 is 2.72 bits per heavy atom. The molecule has 1 aliphatic rings. The zero-order chi connectivity index (χ0) is 18.6. The molecule has 7 heteroatoms. The quantitative estimate of drug-likeness (QED) is 0.781. The summed E-state index contributed by atoms with van der Waals surface area (Å²) in [5.74, 6) is 0.384. The van der Waals surface area contributed by atoms with Gasteiger partial charge in [-0.1, -0.05) is 39.0 Å². The van der Waals surface area contributed by atoms with Crippen LogP contribution in [0.5, 0.6) is 0 Å². The highest BCUT2D eigenvalue weighted by atomic mass is 32.1. The van der Waals surface area contributed by atoms with Gasteiger partial charge in [-0.3, -0.25) is 4.79 Å². The van der Waals surface area contributed by atoms with Gasteiger partial charge in [0.05, 0.1) is 12.8 Å². The van der Waals surface area contributed by atoms with E-state index < -0.39 is 5.97 Å². The summed E-state index contributed by atoms with van der Waals surface area (Å²) in [6, 6.07) is 0. The molecule has 25 heavy (non-hydrogen) atoms. The van der Waals surface area contributed by atoms with Crippen LogP contribution in [0.1, 0.15) is 62.3 Å². The monoisotopic (exact) mass is 367 g/mol. The molecule has 0 aromatic carbocycles. The summed E-state index contributed by atoms with van der Waals surface area (Å²) in [5.41, 5.74) is 0.355. The van der Waals surface area contributed by atoms with Gasteiger partial charge in [-0.25, -0.2) is 9.78 Å². The second-order valence-corrected chi connectivity index (χ2v) is 8.77. The van der Waals surface area contributed by atoms with Crippen LogP contribution in [-0.2, 0) is 14.9 Å². The van der Waals surface area contributed by atoms with Gasteiger partial charge in [0.25, 0.3) is 0 Å². The molecular formula is C18H29N3O3S. The number of rotatable bonds is 5. The fraction of sp³-hybridized carbons (Fsp3) is 0.722. The van der Waals surface area contributed by atoms with Gasteiger partial charge >= 0.3 is 5.97 Å². The summed E-state index contributed by atoms with van der Waals surface area (Å²) in [7, 11) is 1.35. The molecule has 1 aromatic heterocycles. The number of anilines is 1. The number of hydrogen-bond donors (Lipinski definition) is 2. The van der Waals surface area contributed by atoms with Crippen LogP contribution in [0.2, 0.25) is 0 Å². The van der Waals surface area contributed by atoms with Crippen LogP contribution in [0.15, 0.2) is 0 Å². The van der Waals surface area contributed by atoms with Crippen molar-refractivity contribution in [2.75, 3.05) is 25.5 Å². The minimum absolute atomic E-state index is 0.0521. The molecule has 0 radical (unpaired) electrons. The van der Waals surface area contributed by atoms with Gasteiger partial charge in [0, 0.05) is 11.8 Å². The molecular weight excluding hydrogens is 338 g/mol. The smallest absolute Gasteiger partial charge is 0.350 e. The van der Waals surface area contributed by atoms with Crippen molar-refractivity contribution in [1.82, 2.24) is 10.3 Å². The third kappa shape index (κ3) is 5.25. The molecule has 140 valence electrons. The van der Waals surface area contributed by atoms with Gasteiger partial charge in [-0.15, -0.1) is 0 Å². The summed E-state index contributed by atoms with van der Waals surface area (Å²) in [5, 5.41) is 6.72. The lowest BCUT2D eigenvalue weighted by Crippen LogP contribution is -2.34. The van der Waals surface area contributed by atoms with Crippen LogP contribution in [0.3, 0.4) is 0 Å². The molecule has 1 amide bonds. The number of carbonyl (C=O) groups is 2. The van der Waals surface area contributed by atoms with E-state index >= 15 is 0 Å². The van der Waals surface area contributed by atoms with Crippen molar-refractivity contribution >= 4 is 28.3 Å². The Hall–Kier alpha value is -1.47. The van der Waals surface area contributed by atoms with Crippen LogP contribution in [0, 0.1) is 11.8 Å². The molecule has 1 saturated heterocycles. The van der Waals surface area contributed by atoms with Crippen LogP contribution in [-0.4, -0.2) is 37.1 Å². The zero-order valence-corrected chi connectivity index (χ0v) is 16.6. The lowest BCUT2D eigenvalue weighted by atomic mass is 9.85. The number of nitrogens with zero attached hydrogens (tertiary/aromatic N) is 1. The molecule has 0 aliphatic carbocycles. The predicted octanol–water partition coefficient (Wildman–Crippen LogP) is 3.19. The maximum absolute atomic E-state index is 12.4.